The second-order valence-electron chi connectivity index (χ2n) is 7.17. The summed E-state index contributed by atoms with van der Waals surface area (Å²) < 4.78 is 9.28. The average molecular weight is 342 g/mol. The number of carbonyl (C=O) groups excluding carboxylic acids is 2. The normalized spacial score (nSPS) is 16.7. The summed E-state index contributed by atoms with van der Waals surface area (Å²) in [5.41, 5.74) is 2.21. The summed E-state index contributed by atoms with van der Waals surface area (Å²) in [6.45, 7) is 5.45. The number of ether oxygens (including phenoxy) is 1. The fourth-order valence-corrected chi connectivity index (χ4v) is 3.40. The van der Waals surface area contributed by atoms with Crippen LogP contribution in [-0.2, 0) is 23.1 Å². The Hall–Kier alpha value is -2.30. The van der Waals surface area contributed by atoms with E-state index in [1.165, 1.54) is 0 Å². The minimum Gasteiger partial charge on any atom is -0.465 e. The van der Waals surface area contributed by atoms with Gasteiger partial charge in [-0.25, -0.2) is 0 Å². The van der Waals surface area contributed by atoms with Crippen molar-refractivity contribution in [2.75, 3.05) is 6.61 Å². The third-order valence-corrected chi connectivity index (χ3v) is 4.88. The molecule has 1 unspecified atom stereocenters. The summed E-state index contributed by atoms with van der Waals surface area (Å²) in [7, 11) is 1.86. The predicted octanol–water partition coefficient (Wildman–Crippen LogP) is 3.52. The van der Waals surface area contributed by atoms with Gasteiger partial charge in [0.25, 0.3) is 0 Å². The zero-order chi connectivity index (χ0) is 18.0. The highest BCUT2D eigenvalue weighted by atomic mass is 16.5. The first-order valence-electron chi connectivity index (χ1n) is 9.01. The summed E-state index contributed by atoms with van der Waals surface area (Å²) in [6.07, 6.45) is 4.39. The second-order valence-corrected chi connectivity index (χ2v) is 7.17. The van der Waals surface area contributed by atoms with E-state index < -0.39 is 0 Å². The molecule has 2 aromatic rings. The minimum atomic E-state index is -0.268. The zero-order valence-corrected chi connectivity index (χ0v) is 15.2. The van der Waals surface area contributed by atoms with Crippen LogP contribution in [0.3, 0.4) is 0 Å². The van der Waals surface area contributed by atoms with E-state index in [-0.39, 0.29) is 17.7 Å². The van der Waals surface area contributed by atoms with Crippen LogP contribution in [0.25, 0.3) is 0 Å². The molecule has 1 atom stereocenters. The third kappa shape index (κ3) is 3.55. The van der Waals surface area contributed by atoms with Crippen LogP contribution in [0, 0.1) is 5.92 Å². The van der Waals surface area contributed by atoms with Crippen molar-refractivity contribution in [3.63, 3.8) is 0 Å². The van der Waals surface area contributed by atoms with Crippen molar-refractivity contribution >= 4 is 11.8 Å². The number of fused-ring (bicyclic) bond motifs is 1. The average Bonchev–Trinajstić information content (AvgIpc) is 3.19. The Morgan fingerprint density at radius 1 is 1.24 bits per heavy atom. The first kappa shape index (κ1) is 17.5. The van der Waals surface area contributed by atoms with E-state index in [0.717, 1.165) is 31.5 Å². The molecule has 2 aromatic heterocycles. The summed E-state index contributed by atoms with van der Waals surface area (Å²) >= 11 is 0. The molecule has 0 bridgehead atoms. The lowest BCUT2D eigenvalue weighted by Gasteiger charge is -2.25. The molecule has 3 rings (SSSR count). The van der Waals surface area contributed by atoms with Crippen molar-refractivity contribution in [1.29, 1.82) is 0 Å². The molecule has 5 heteroatoms. The van der Waals surface area contributed by atoms with Gasteiger partial charge in [0.2, 0.25) is 5.78 Å². The van der Waals surface area contributed by atoms with Crippen molar-refractivity contribution in [3.8, 4) is 0 Å². The summed E-state index contributed by atoms with van der Waals surface area (Å²) in [5.74, 6) is 0.0681. The molecule has 0 aliphatic carbocycles. The highest BCUT2D eigenvalue weighted by Gasteiger charge is 2.31. The zero-order valence-electron chi connectivity index (χ0n) is 15.2. The quantitative estimate of drug-likeness (QED) is 0.596. The van der Waals surface area contributed by atoms with E-state index in [0.29, 0.717) is 23.9 Å². The molecule has 0 aromatic carbocycles. The molecule has 25 heavy (non-hydrogen) atoms. The minimum absolute atomic E-state index is 0.00687. The molecule has 1 aliphatic rings. The molecule has 0 N–H and O–H groups in total. The van der Waals surface area contributed by atoms with Gasteiger partial charge in [0.05, 0.1) is 23.9 Å². The second kappa shape index (κ2) is 7.30. The smallest absolute Gasteiger partial charge is 0.314 e. The molecule has 0 radical (unpaired) electrons. The van der Waals surface area contributed by atoms with Crippen LogP contribution >= 0.6 is 0 Å². The van der Waals surface area contributed by atoms with E-state index in [9.17, 15) is 9.59 Å². The van der Waals surface area contributed by atoms with Crippen LogP contribution in [0.4, 0.5) is 0 Å². The number of aryl methyl sites for hydroxylation is 1. The van der Waals surface area contributed by atoms with Gasteiger partial charge in [-0.15, -0.1) is 0 Å². The maximum atomic E-state index is 12.8. The Bertz CT molecular complexity index is 770. The molecule has 0 saturated carbocycles. The van der Waals surface area contributed by atoms with Crippen molar-refractivity contribution < 1.29 is 14.3 Å². The van der Waals surface area contributed by atoms with Crippen LogP contribution in [0.15, 0.2) is 30.5 Å². The van der Waals surface area contributed by atoms with Gasteiger partial charge in [-0.05, 0) is 49.4 Å². The highest BCUT2D eigenvalue weighted by molar-refractivity contribution is 6.07. The third-order valence-electron chi connectivity index (χ3n) is 4.88. The molecule has 3 heterocycles. The van der Waals surface area contributed by atoms with Crippen LogP contribution in [-0.4, -0.2) is 27.5 Å². The number of hydrogen-bond donors (Lipinski definition) is 0. The molecular formula is C20H26N2O3. The Morgan fingerprint density at radius 2 is 2.04 bits per heavy atom. The molecule has 0 spiro atoms. The number of nitrogens with zero attached hydrogens (tertiary/aromatic N) is 2. The fraction of sp³-hybridized carbons (Fsp3) is 0.500. The molecular weight excluding hydrogens is 316 g/mol. The number of esters is 1. The highest BCUT2D eigenvalue weighted by Crippen LogP contribution is 2.31. The molecule has 134 valence electrons. The standard InChI is InChI=1S/C20H26N2O3/c1-14(2)10-13-25-20(24)15-6-4-12-22-16(15)8-9-18(22)19(23)17-7-5-11-21(17)3/h5,7-9,11,14-15H,4,6,10,12-13H2,1-3H3. The Kier molecular flexibility index (Phi) is 5.11. The summed E-state index contributed by atoms with van der Waals surface area (Å²) in [4.78, 5) is 25.3. The van der Waals surface area contributed by atoms with Gasteiger partial charge in [0, 0.05) is 25.5 Å². The van der Waals surface area contributed by atoms with Gasteiger partial charge in [-0.2, -0.15) is 0 Å². The van der Waals surface area contributed by atoms with E-state index in [1.807, 2.05) is 46.6 Å². The lowest BCUT2D eigenvalue weighted by Crippen LogP contribution is -2.26. The van der Waals surface area contributed by atoms with Crippen molar-refractivity contribution in [1.82, 2.24) is 9.13 Å². The monoisotopic (exact) mass is 342 g/mol. The summed E-state index contributed by atoms with van der Waals surface area (Å²) in [6, 6.07) is 7.43. The van der Waals surface area contributed by atoms with Gasteiger partial charge in [0.15, 0.2) is 0 Å². The van der Waals surface area contributed by atoms with Gasteiger partial charge in [-0.1, -0.05) is 13.8 Å². The van der Waals surface area contributed by atoms with E-state index in [2.05, 4.69) is 13.8 Å². The molecule has 5 nitrogen and oxygen atoms in total. The van der Waals surface area contributed by atoms with Crippen LogP contribution in [0.1, 0.15) is 60.9 Å². The van der Waals surface area contributed by atoms with Crippen LogP contribution < -0.4 is 0 Å². The topological polar surface area (TPSA) is 53.2 Å². The SMILES string of the molecule is CC(C)CCOC(=O)C1CCCn2c(C(=O)c3cccn3C)ccc21. The lowest BCUT2D eigenvalue weighted by molar-refractivity contribution is -0.146. The van der Waals surface area contributed by atoms with Gasteiger partial charge < -0.3 is 13.9 Å². The largest absolute Gasteiger partial charge is 0.465 e. The van der Waals surface area contributed by atoms with Crippen LogP contribution in [0.5, 0.6) is 0 Å². The fourth-order valence-electron chi connectivity index (χ4n) is 3.40. The van der Waals surface area contributed by atoms with E-state index in [4.69, 9.17) is 4.74 Å². The predicted molar refractivity (Wildman–Crippen MR) is 95.7 cm³/mol. The first-order valence-corrected chi connectivity index (χ1v) is 9.01. The van der Waals surface area contributed by atoms with Crippen molar-refractivity contribution in [3.05, 3.63) is 47.5 Å². The molecule has 0 amide bonds. The van der Waals surface area contributed by atoms with E-state index >= 15 is 0 Å². The molecule has 1 aliphatic heterocycles. The molecule has 0 saturated heterocycles. The van der Waals surface area contributed by atoms with Gasteiger partial charge in [0.1, 0.15) is 0 Å². The maximum Gasteiger partial charge on any atom is 0.314 e. The van der Waals surface area contributed by atoms with Crippen molar-refractivity contribution in [2.45, 2.75) is 45.6 Å². The number of aromatic nitrogens is 2. The Balaban J connectivity index is 1.79. The Morgan fingerprint density at radius 3 is 2.72 bits per heavy atom. The Labute approximate surface area is 148 Å². The lowest BCUT2D eigenvalue weighted by atomic mass is 9.96. The number of rotatable bonds is 6. The number of carbonyl (C=O) groups is 2. The number of hydrogen-bond acceptors (Lipinski definition) is 3. The van der Waals surface area contributed by atoms with Gasteiger partial charge in [-0.3, -0.25) is 9.59 Å². The first-order chi connectivity index (χ1) is 12.0. The summed E-state index contributed by atoms with van der Waals surface area (Å²) in [5, 5.41) is 0. The molecule has 0 fully saturated rings. The number of ketones is 1. The van der Waals surface area contributed by atoms with E-state index in [1.54, 1.807) is 0 Å². The van der Waals surface area contributed by atoms with Gasteiger partial charge >= 0.3 is 5.97 Å². The maximum absolute atomic E-state index is 12.8. The van der Waals surface area contributed by atoms with Crippen molar-refractivity contribution in [2.24, 2.45) is 13.0 Å². The van der Waals surface area contributed by atoms with Crippen LogP contribution in [0.2, 0.25) is 0 Å².